The molecule has 1 N–H and O–H groups in total. The summed E-state index contributed by atoms with van der Waals surface area (Å²) in [6.45, 7) is 3.93. The summed E-state index contributed by atoms with van der Waals surface area (Å²) in [7, 11) is 0. The van der Waals surface area contributed by atoms with Gasteiger partial charge in [0, 0.05) is 25.3 Å². The second kappa shape index (κ2) is 9.07. The molecule has 1 aromatic rings. The molecule has 1 aromatic carbocycles. The number of hydrogen-bond donors (Lipinski definition) is 1. The predicted molar refractivity (Wildman–Crippen MR) is 97.1 cm³/mol. The van der Waals surface area contributed by atoms with Crippen LogP contribution in [0.1, 0.15) is 44.3 Å². The maximum Gasteiger partial charge on any atom is 0.0978 e. The summed E-state index contributed by atoms with van der Waals surface area (Å²) in [5.74, 6) is 2.56. The van der Waals surface area contributed by atoms with Crippen molar-refractivity contribution in [3.05, 3.63) is 35.9 Å². The highest BCUT2D eigenvalue weighted by molar-refractivity contribution is 7.99. The third-order valence-corrected chi connectivity index (χ3v) is 5.86. The van der Waals surface area contributed by atoms with E-state index in [1.165, 1.54) is 29.9 Å². The quantitative estimate of drug-likeness (QED) is 0.857. The van der Waals surface area contributed by atoms with E-state index in [9.17, 15) is 0 Å². The molecule has 2 atom stereocenters. The highest BCUT2D eigenvalue weighted by Gasteiger charge is 2.27. The summed E-state index contributed by atoms with van der Waals surface area (Å²) in [5, 5.41) is 3.84. The van der Waals surface area contributed by atoms with E-state index in [0.29, 0.717) is 18.2 Å². The number of hydrogen-bond acceptors (Lipinski definition) is 4. The van der Waals surface area contributed by atoms with E-state index in [0.717, 1.165) is 26.1 Å². The van der Waals surface area contributed by atoms with Gasteiger partial charge in [0.25, 0.3) is 0 Å². The summed E-state index contributed by atoms with van der Waals surface area (Å²) in [6, 6.07) is 11.6. The molecule has 23 heavy (non-hydrogen) atoms. The van der Waals surface area contributed by atoms with Crippen molar-refractivity contribution in [1.29, 1.82) is 0 Å². The summed E-state index contributed by atoms with van der Waals surface area (Å²) >= 11 is 2.07. The molecule has 0 spiro atoms. The Morgan fingerprint density at radius 2 is 1.78 bits per heavy atom. The molecule has 128 valence electrons. The molecule has 2 heterocycles. The van der Waals surface area contributed by atoms with Crippen LogP contribution >= 0.6 is 11.8 Å². The predicted octanol–water partition coefficient (Wildman–Crippen LogP) is 3.80. The van der Waals surface area contributed by atoms with E-state index in [1.54, 1.807) is 0 Å². The Morgan fingerprint density at radius 3 is 2.48 bits per heavy atom. The van der Waals surface area contributed by atoms with Crippen LogP contribution in [0, 0.1) is 0 Å². The Balaban J connectivity index is 1.65. The largest absolute Gasteiger partial charge is 0.381 e. The standard InChI is InChI=1S/C19H29NO2S/c1-15(20-17-9-13-23-14-10-17)19(16-5-3-2-4-6-16)22-18-7-11-21-12-8-18/h2-6,15,17-20H,7-14H2,1H3/t15-,19+/m0/s1. The summed E-state index contributed by atoms with van der Waals surface area (Å²) < 4.78 is 12.0. The first-order chi connectivity index (χ1) is 11.3. The lowest BCUT2D eigenvalue weighted by Crippen LogP contribution is -2.43. The fourth-order valence-electron chi connectivity index (χ4n) is 3.47. The van der Waals surface area contributed by atoms with Gasteiger partial charge < -0.3 is 14.8 Å². The van der Waals surface area contributed by atoms with E-state index >= 15 is 0 Å². The molecule has 0 bridgehead atoms. The minimum absolute atomic E-state index is 0.119. The van der Waals surface area contributed by atoms with Crippen LogP contribution < -0.4 is 5.32 Å². The first-order valence-electron chi connectivity index (χ1n) is 8.95. The second-order valence-electron chi connectivity index (χ2n) is 6.62. The Bertz CT molecular complexity index is 444. The van der Waals surface area contributed by atoms with Gasteiger partial charge in [0.1, 0.15) is 0 Å². The third kappa shape index (κ3) is 5.21. The molecule has 0 amide bonds. The van der Waals surface area contributed by atoms with Gasteiger partial charge in [-0.1, -0.05) is 30.3 Å². The van der Waals surface area contributed by atoms with Crippen LogP contribution in [-0.4, -0.2) is 42.9 Å². The Kier molecular flexibility index (Phi) is 6.81. The zero-order valence-corrected chi connectivity index (χ0v) is 14.9. The van der Waals surface area contributed by atoms with Crippen LogP contribution in [-0.2, 0) is 9.47 Å². The summed E-state index contributed by atoms with van der Waals surface area (Å²) in [4.78, 5) is 0. The van der Waals surface area contributed by atoms with Crippen LogP contribution in [0.4, 0.5) is 0 Å². The van der Waals surface area contributed by atoms with Gasteiger partial charge in [-0.2, -0.15) is 11.8 Å². The molecule has 0 aliphatic carbocycles. The van der Waals surface area contributed by atoms with Crippen molar-refractivity contribution in [2.75, 3.05) is 24.7 Å². The minimum Gasteiger partial charge on any atom is -0.381 e. The monoisotopic (exact) mass is 335 g/mol. The third-order valence-electron chi connectivity index (χ3n) is 4.81. The van der Waals surface area contributed by atoms with Crippen molar-refractivity contribution in [1.82, 2.24) is 5.32 Å². The Labute approximate surface area is 144 Å². The second-order valence-corrected chi connectivity index (χ2v) is 7.85. The number of thioether (sulfide) groups is 1. The maximum absolute atomic E-state index is 6.53. The molecule has 3 nitrogen and oxygen atoms in total. The molecular formula is C19H29NO2S. The van der Waals surface area contributed by atoms with Crippen LogP contribution in [0.25, 0.3) is 0 Å². The van der Waals surface area contributed by atoms with E-state index in [4.69, 9.17) is 9.47 Å². The molecule has 2 saturated heterocycles. The Hall–Kier alpha value is -0.550. The van der Waals surface area contributed by atoms with Crippen LogP contribution in [0.3, 0.4) is 0 Å². The first-order valence-corrected chi connectivity index (χ1v) is 10.1. The lowest BCUT2D eigenvalue weighted by atomic mass is 10.0. The number of benzene rings is 1. The van der Waals surface area contributed by atoms with Gasteiger partial charge in [-0.15, -0.1) is 0 Å². The van der Waals surface area contributed by atoms with E-state index in [2.05, 4.69) is 54.3 Å². The SMILES string of the molecule is C[C@H](NC1CCSCC1)[C@@H](OC1CCOCC1)c1ccccc1. The molecule has 2 aliphatic heterocycles. The maximum atomic E-state index is 6.53. The van der Waals surface area contributed by atoms with Crippen LogP contribution in [0.5, 0.6) is 0 Å². The van der Waals surface area contributed by atoms with Crippen molar-refractivity contribution in [3.63, 3.8) is 0 Å². The highest BCUT2D eigenvalue weighted by atomic mass is 32.2. The molecule has 0 aromatic heterocycles. The highest BCUT2D eigenvalue weighted by Crippen LogP contribution is 2.27. The minimum atomic E-state index is 0.119. The first kappa shape index (κ1) is 17.3. The molecule has 4 heteroatoms. The van der Waals surface area contributed by atoms with Crippen molar-refractivity contribution >= 4 is 11.8 Å². The number of ether oxygens (including phenoxy) is 2. The van der Waals surface area contributed by atoms with Gasteiger partial charge in [0.2, 0.25) is 0 Å². The smallest absolute Gasteiger partial charge is 0.0978 e. The summed E-state index contributed by atoms with van der Waals surface area (Å²) in [6.07, 6.45) is 5.00. The van der Waals surface area contributed by atoms with Crippen molar-refractivity contribution < 1.29 is 9.47 Å². The molecule has 2 aliphatic rings. The molecule has 2 fully saturated rings. The number of nitrogens with one attached hydrogen (secondary N) is 1. The van der Waals surface area contributed by atoms with Gasteiger partial charge in [0.15, 0.2) is 0 Å². The lowest BCUT2D eigenvalue weighted by Gasteiger charge is -2.34. The molecule has 0 unspecified atom stereocenters. The Morgan fingerprint density at radius 1 is 1.09 bits per heavy atom. The van der Waals surface area contributed by atoms with Gasteiger partial charge in [-0.3, -0.25) is 0 Å². The van der Waals surface area contributed by atoms with Crippen molar-refractivity contribution in [3.8, 4) is 0 Å². The van der Waals surface area contributed by atoms with Crippen molar-refractivity contribution in [2.45, 2.75) is 56.9 Å². The fraction of sp³-hybridized carbons (Fsp3) is 0.684. The summed E-state index contributed by atoms with van der Waals surface area (Å²) in [5.41, 5.74) is 1.28. The van der Waals surface area contributed by atoms with Gasteiger partial charge in [-0.25, -0.2) is 0 Å². The molecule has 3 rings (SSSR count). The fourth-order valence-corrected chi connectivity index (χ4v) is 4.58. The molecule has 0 radical (unpaired) electrons. The van der Waals surface area contributed by atoms with Crippen LogP contribution in [0.2, 0.25) is 0 Å². The van der Waals surface area contributed by atoms with Crippen LogP contribution in [0.15, 0.2) is 30.3 Å². The van der Waals surface area contributed by atoms with E-state index in [-0.39, 0.29) is 6.10 Å². The van der Waals surface area contributed by atoms with Gasteiger partial charge in [0.05, 0.1) is 12.2 Å². The average molecular weight is 336 g/mol. The van der Waals surface area contributed by atoms with E-state index in [1.807, 2.05) is 0 Å². The topological polar surface area (TPSA) is 30.5 Å². The lowest BCUT2D eigenvalue weighted by molar-refractivity contribution is -0.0805. The molecule has 0 saturated carbocycles. The average Bonchev–Trinajstić information content (AvgIpc) is 2.62. The number of rotatable bonds is 6. The van der Waals surface area contributed by atoms with Gasteiger partial charge >= 0.3 is 0 Å². The van der Waals surface area contributed by atoms with Gasteiger partial charge in [-0.05, 0) is 49.7 Å². The normalized spacial score (nSPS) is 23.5. The zero-order chi connectivity index (χ0) is 15.9. The van der Waals surface area contributed by atoms with Crippen molar-refractivity contribution in [2.24, 2.45) is 0 Å². The van der Waals surface area contributed by atoms with E-state index < -0.39 is 0 Å². The zero-order valence-electron chi connectivity index (χ0n) is 14.1. The molecular weight excluding hydrogens is 306 g/mol.